The topological polar surface area (TPSA) is 40.4 Å². The molecule has 0 unspecified atom stereocenters. The summed E-state index contributed by atoms with van der Waals surface area (Å²) < 4.78 is 27.4. The van der Waals surface area contributed by atoms with Crippen molar-refractivity contribution in [2.45, 2.75) is 27.7 Å². The SMILES string of the molecule is Cc1cc(C)c(C)c(N(C)S(=O)(=O)N2CC2)c1C. The maximum atomic E-state index is 12.3. The zero-order chi connectivity index (χ0) is 13.7. The molecule has 0 aromatic heterocycles. The zero-order valence-corrected chi connectivity index (χ0v) is 12.4. The molecular formula is C13H20N2O2S. The van der Waals surface area contributed by atoms with Crippen molar-refractivity contribution in [2.75, 3.05) is 24.4 Å². The molecule has 0 saturated carbocycles. The highest BCUT2D eigenvalue weighted by Crippen LogP contribution is 2.32. The lowest BCUT2D eigenvalue weighted by molar-refractivity contribution is 0.561. The normalized spacial score (nSPS) is 15.8. The van der Waals surface area contributed by atoms with Gasteiger partial charge in [0.25, 0.3) is 0 Å². The molecule has 0 bridgehead atoms. The van der Waals surface area contributed by atoms with Crippen LogP contribution in [0.4, 0.5) is 5.69 Å². The van der Waals surface area contributed by atoms with Gasteiger partial charge in [0, 0.05) is 20.1 Å². The molecule has 0 radical (unpaired) electrons. The lowest BCUT2D eigenvalue weighted by Crippen LogP contribution is -2.33. The molecule has 1 heterocycles. The molecule has 100 valence electrons. The van der Waals surface area contributed by atoms with Crippen LogP contribution in [0.25, 0.3) is 0 Å². The van der Waals surface area contributed by atoms with Gasteiger partial charge in [-0.1, -0.05) is 6.07 Å². The Balaban J connectivity index is 2.57. The maximum absolute atomic E-state index is 12.3. The van der Waals surface area contributed by atoms with E-state index in [1.807, 2.05) is 27.7 Å². The molecule has 0 atom stereocenters. The fourth-order valence-corrected chi connectivity index (χ4v) is 3.62. The van der Waals surface area contributed by atoms with Gasteiger partial charge in [-0.05, 0) is 49.9 Å². The Morgan fingerprint density at radius 2 is 1.50 bits per heavy atom. The van der Waals surface area contributed by atoms with Crippen molar-refractivity contribution in [3.05, 3.63) is 28.3 Å². The van der Waals surface area contributed by atoms with Gasteiger partial charge in [-0.2, -0.15) is 12.7 Å². The van der Waals surface area contributed by atoms with E-state index in [1.54, 1.807) is 7.05 Å². The van der Waals surface area contributed by atoms with Crippen LogP contribution in [0.2, 0.25) is 0 Å². The van der Waals surface area contributed by atoms with Gasteiger partial charge < -0.3 is 0 Å². The van der Waals surface area contributed by atoms with Gasteiger partial charge in [-0.3, -0.25) is 4.31 Å². The van der Waals surface area contributed by atoms with E-state index in [0.29, 0.717) is 13.1 Å². The first-order valence-electron chi connectivity index (χ1n) is 6.08. The minimum atomic E-state index is -3.33. The number of hydrogen-bond acceptors (Lipinski definition) is 2. The summed E-state index contributed by atoms with van der Waals surface area (Å²) in [6.45, 7) is 9.26. The van der Waals surface area contributed by atoms with Gasteiger partial charge in [0.15, 0.2) is 0 Å². The monoisotopic (exact) mass is 268 g/mol. The number of nitrogens with zero attached hydrogens (tertiary/aromatic N) is 2. The number of hydrogen-bond donors (Lipinski definition) is 0. The van der Waals surface area contributed by atoms with Crippen LogP contribution in [0.1, 0.15) is 22.3 Å². The summed E-state index contributed by atoms with van der Waals surface area (Å²) in [5.41, 5.74) is 5.14. The standard InChI is InChI=1S/C13H20N2O2S/c1-9-8-10(2)12(4)13(11(9)3)14(5)18(16,17)15-6-7-15/h8H,6-7H2,1-5H3. The van der Waals surface area contributed by atoms with Crippen molar-refractivity contribution in [3.63, 3.8) is 0 Å². The molecular weight excluding hydrogens is 248 g/mol. The van der Waals surface area contributed by atoms with Crippen molar-refractivity contribution >= 4 is 15.9 Å². The maximum Gasteiger partial charge on any atom is 0.303 e. The fraction of sp³-hybridized carbons (Fsp3) is 0.538. The van der Waals surface area contributed by atoms with Crippen molar-refractivity contribution in [1.82, 2.24) is 4.31 Å². The highest BCUT2D eigenvalue weighted by Gasteiger charge is 2.36. The molecule has 1 aliphatic rings. The van der Waals surface area contributed by atoms with E-state index in [2.05, 4.69) is 6.07 Å². The molecule has 0 N–H and O–H groups in total. The second kappa shape index (κ2) is 4.24. The largest absolute Gasteiger partial charge is 0.303 e. The number of benzene rings is 1. The average Bonchev–Trinajstić information content (AvgIpc) is 3.10. The molecule has 2 rings (SSSR count). The van der Waals surface area contributed by atoms with E-state index in [4.69, 9.17) is 0 Å². The van der Waals surface area contributed by atoms with Crippen LogP contribution in [-0.2, 0) is 10.2 Å². The third-order valence-electron chi connectivity index (χ3n) is 3.72. The van der Waals surface area contributed by atoms with E-state index in [1.165, 1.54) is 8.61 Å². The molecule has 1 aromatic rings. The Bertz CT molecular complexity index is 563. The van der Waals surface area contributed by atoms with Crippen molar-refractivity contribution in [2.24, 2.45) is 0 Å². The molecule has 0 amide bonds. The quantitative estimate of drug-likeness (QED) is 0.786. The second-order valence-electron chi connectivity index (χ2n) is 4.98. The van der Waals surface area contributed by atoms with Crippen LogP contribution < -0.4 is 4.31 Å². The minimum Gasteiger partial charge on any atom is -0.260 e. The molecule has 0 spiro atoms. The molecule has 1 aromatic carbocycles. The number of anilines is 1. The predicted molar refractivity (Wildman–Crippen MR) is 74.3 cm³/mol. The summed E-state index contributed by atoms with van der Waals surface area (Å²) >= 11 is 0. The first kappa shape index (κ1) is 13.4. The highest BCUT2D eigenvalue weighted by atomic mass is 32.2. The Kier molecular flexibility index (Phi) is 3.15. The Morgan fingerprint density at radius 3 is 1.89 bits per heavy atom. The third-order valence-corrected chi connectivity index (χ3v) is 5.61. The van der Waals surface area contributed by atoms with E-state index < -0.39 is 10.2 Å². The average molecular weight is 268 g/mol. The molecule has 18 heavy (non-hydrogen) atoms. The van der Waals surface area contributed by atoms with Crippen LogP contribution in [0.3, 0.4) is 0 Å². The van der Waals surface area contributed by atoms with Crippen LogP contribution in [-0.4, -0.2) is 32.9 Å². The zero-order valence-electron chi connectivity index (χ0n) is 11.6. The summed E-state index contributed by atoms with van der Waals surface area (Å²) in [7, 11) is -1.69. The first-order chi connectivity index (χ1) is 8.26. The molecule has 0 aliphatic carbocycles. The molecule has 5 heteroatoms. The van der Waals surface area contributed by atoms with Gasteiger partial charge >= 0.3 is 10.2 Å². The Hall–Kier alpha value is -1.07. The highest BCUT2D eigenvalue weighted by molar-refractivity contribution is 7.90. The van der Waals surface area contributed by atoms with E-state index in [0.717, 1.165) is 27.9 Å². The number of aryl methyl sites for hydroxylation is 2. The van der Waals surface area contributed by atoms with Crippen molar-refractivity contribution in [3.8, 4) is 0 Å². The molecule has 1 aliphatic heterocycles. The number of rotatable bonds is 3. The molecule has 4 nitrogen and oxygen atoms in total. The lowest BCUT2D eigenvalue weighted by Gasteiger charge is -2.25. The second-order valence-corrected chi connectivity index (χ2v) is 6.94. The van der Waals surface area contributed by atoms with Crippen LogP contribution in [0.15, 0.2) is 6.07 Å². The Morgan fingerprint density at radius 1 is 1.06 bits per heavy atom. The van der Waals surface area contributed by atoms with Crippen LogP contribution >= 0.6 is 0 Å². The van der Waals surface area contributed by atoms with Gasteiger partial charge in [-0.25, -0.2) is 0 Å². The molecule has 1 saturated heterocycles. The molecule has 1 fully saturated rings. The predicted octanol–water partition coefficient (Wildman–Crippen LogP) is 1.92. The van der Waals surface area contributed by atoms with Gasteiger partial charge in [0.1, 0.15) is 0 Å². The fourth-order valence-electron chi connectivity index (χ4n) is 2.23. The van der Waals surface area contributed by atoms with Gasteiger partial charge in [0.2, 0.25) is 0 Å². The summed E-state index contributed by atoms with van der Waals surface area (Å²) in [5, 5.41) is 0. The third kappa shape index (κ3) is 2.01. The lowest BCUT2D eigenvalue weighted by atomic mass is 9.99. The Labute approximate surface area is 109 Å². The van der Waals surface area contributed by atoms with E-state index in [9.17, 15) is 8.42 Å². The smallest absolute Gasteiger partial charge is 0.260 e. The van der Waals surface area contributed by atoms with Crippen molar-refractivity contribution < 1.29 is 8.42 Å². The minimum absolute atomic E-state index is 0.634. The van der Waals surface area contributed by atoms with Crippen molar-refractivity contribution in [1.29, 1.82) is 0 Å². The summed E-state index contributed by atoms with van der Waals surface area (Å²) in [4.78, 5) is 0. The van der Waals surface area contributed by atoms with E-state index >= 15 is 0 Å². The summed E-state index contributed by atoms with van der Waals surface area (Å²) in [6.07, 6.45) is 0. The summed E-state index contributed by atoms with van der Waals surface area (Å²) in [6, 6.07) is 2.10. The first-order valence-corrected chi connectivity index (χ1v) is 7.48. The summed E-state index contributed by atoms with van der Waals surface area (Å²) in [5.74, 6) is 0. The van der Waals surface area contributed by atoms with Crippen LogP contribution in [0.5, 0.6) is 0 Å². The van der Waals surface area contributed by atoms with Crippen LogP contribution in [0, 0.1) is 27.7 Å². The van der Waals surface area contributed by atoms with E-state index in [-0.39, 0.29) is 0 Å². The van der Waals surface area contributed by atoms with Gasteiger partial charge in [-0.15, -0.1) is 0 Å². The van der Waals surface area contributed by atoms with Gasteiger partial charge in [0.05, 0.1) is 5.69 Å².